The Morgan fingerprint density at radius 3 is 2.03 bits per heavy atom. The van der Waals surface area contributed by atoms with Gasteiger partial charge in [-0.05, 0) is 24.6 Å². The molecule has 0 aliphatic carbocycles. The molecule has 0 N–H and O–H groups in total. The molecule has 6 rings (SSSR count). The highest BCUT2D eigenvalue weighted by Crippen LogP contribution is 2.30. The number of allylic oxidation sites excluding steroid dienone is 1. The molecule has 3 heterocycles. The number of hydrogen-bond acceptors (Lipinski definition) is 5. The number of aromatic nitrogens is 5. The zero-order valence-corrected chi connectivity index (χ0v) is 20.7. The Morgan fingerprint density at radius 1 is 0.711 bits per heavy atom. The second-order valence-electron chi connectivity index (χ2n) is 8.81. The van der Waals surface area contributed by atoms with Gasteiger partial charge in [-0.25, -0.2) is 9.97 Å². The van der Waals surface area contributed by atoms with Crippen LogP contribution in [0.4, 0.5) is 0 Å². The molecule has 0 aliphatic rings. The molecule has 0 amide bonds. The van der Waals surface area contributed by atoms with Gasteiger partial charge in [0, 0.05) is 41.2 Å². The van der Waals surface area contributed by atoms with E-state index in [2.05, 4.69) is 31.9 Å². The quantitative estimate of drug-likeness (QED) is 0.222. The molecule has 0 atom stereocenters. The Morgan fingerprint density at radius 2 is 1.37 bits per heavy atom. The van der Waals surface area contributed by atoms with Crippen molar-refractivity contribution in [2.45, 2.75) is 13.0 Å². The van der Waals surface area contributed by atoms with Gasteiger partial charge in [0.15, 0.2) is 5.82 Å². The van der Waals surface area contributed by atoms with Crippen molar-refractivity contribution >= 4 is 11.6 Å². The average Bonchev–Trinajstić information content (AvgIpc) is 3.69. The first kappa shape index (κ1) is 23.3. The molecular formula is C32H25N5O. The van der Waals surface area contributed by atoms with Crippen molar-refractivity contribution in [2.24, 2.45) is 0 Å². The number of furan rings is 1. The lowest BCUT2D eigenvalue weighted by Gasteiger charge is -2.13. The third-order valence-corrected chi connectivity index (χ3v) is 6.30. The summed E-state index contributed by atoms with van der Waals surface area (Å²) in [5.74, 6) is 2.23. The Bertz CT molecular complexity index is 1640. The molecule has 6 heteroatoms. The van der Waals surface area contributed by atoms with Gasteiger partial charge in [-0.1, -0.05) is 91.0 Å². The smallest absolute Gasteiger partial charge is 0.178 e. The number of nitrogens with zero attached hydrogens (tertiary/aromatic N) is 5. The van der Waals surface area contributed by atoms with E-state index in [1.165, 1.54) is 0 Å². The summed E-state index contributed by atoms with van der Waals surface area (Å²) in [5, 5.41) is 9.29. The Labute approximate surface area is 221 Å². The van der Waals surface area contributed by atoms with Crippen LogP contribution in [0.15, 0.2) is 126 Å². The summed E-state index contributed by atoms with van der Waals surface area (Å²) in [6.07, 6.45) is 8.16. The molecule has 0 unspecified atom stereocenters. The number of imidazole rings is 1. The van der Waals surface area contributed by atoms with Gasteiger partial charge in [0.2, 0.25) is 0 Å². The minimum atomic E-state index is 0.571. The predicted octanol–water partition coefficient (Wildman–Crippen LogP) is 7.29. The minimum absolute atomic E-state index is 0.571. The summed E-state index contributed by atoms with van der Waals surface area (Å²) < 4.78 is 7.80. The van der Waals surface area contributed by atoms with Crippen molar-refractivity contribution in [1.82, 2.24) is 24.7 Å². The SMILES string of the molecule is C(=C(/CCn1ccnc1-c1ccccc1)c1nnc(-c2ccccc2)c(-c2ccccc2)n1)/c1ccco1. The maximum Gasteiger partial charge on any atom is 0.178 e. The number of hydrogen-bond donors (Lipinski definition) is 0. The maximum atomic E-state index is 5.65. The highest BCUT2D eigenvalue weighted by molar-refractivity contribution is 5.81. The summed E-state index contributed by atoms with van der Waals surface area (Å²) in [6, 6.07) is 34.2. The van der Waals surface area contributed by atoms with Gasteiger partial charge in [-0.15, -0.1) is 10.2 Å². The van der Waals surface area contributed by atoms with Crippen LogP contribution in [0.2, 0.25) is 0 Å². The number of aryl methyl sites for hydroxylation is 1. The van der Waals surface area contributed by atoms with Gasteiger partial charge in [-0.2, -0.15) is 0 Å². The second-order valence-corrected chi connectivity index (χ2v) is 8.81. The molecule has 0 spiro atoms. The zero-order valence-electron chi connectivity index (χ0n) is 20.7. The largest absolute Gasteiger partial charge is 0.465 e. The van der Waals surface area contributed by atoms with Crippen LogP contribution in [-0.2, 0) is 6.54 Å². The lowest BCUT2D eigenvalue weighted by molar-refractivity contribution is 0.557. The van der Waals surface area contributed by atoms with Crippen LogP contribution in [0.25, 0.3) is 45.6 Å². The van der Waals surface area contributed by atoms with Crippen LogP contribution >= 0.6 is 0 Å². The van der Waals surface area contributed by atoms with Gasteiger partial charge in [-0.3, -0.25) is 0 Å². The van der Waals surface area contributed by atoms with Crippen LogP contribution in [0.1, 0.15) is 18.0 Å². The molecule has 6 aromatic rings. The predicted molar refractivity (Wildman–Crippen MR) is 150 cm³/mol. The minimum Gasteiger partial charge on any atom is -0.465 e. The van der Waals surface area contributed by atoms with Crippen LogP contribution in [0, 0.1) is 0 Å². The van der Waals surface area contributed by atoms with Crippen molar-refractivity contribution in [1.29, 1.82) is 0 Å². The summed E-state index contributed by atoms with van der Waals surface area (Å²) in [7, 11) is 0. The molecule has 0 bridgehead atoms. The van der Waals surface area contributed by atoms with Crippen molar-refractivity contribution in [3.63, 3.8) is 0 Å². The van der Waals surface area contributed by atoms with Crippen LogP contribution in [0.5, 0.6) is 0 Å². The van der Waals surface area contributed by atoms with E-state index in [9.17, 15) is 0 Å². The van der Waals surface area contributed by atoms with Crippen LogP contribution in [0.3, 0.4) is 0 Å². The molecule has 3 aromatic heterocycles. The number of benzene rings is 3. The molecule has 6 nitrogen and oxygen atoms in total. The van der Waals surface area contributed by atoms with Crippen molar-refractivity contribution in [2.75, 3.05) is 0 Å². The van der Waals surface area contributed by atoms with Gasteiger partial charge in [0.1, 0.15) is 23.0 Å². The molecular weight excluding hydrogens is 470 g/mol. The van der Waals surface area contributed by atoms with Gasteiger partial charge >= 0.3 is 0 Å². The fraction of sp³-hybridized carbons (Fsp3) is 0.0625. The molecule has 38 heavy (non-hydrogen) atoms. The van der Waals surface area contributed by atoms with Gasteiger partial charge < -0.3 is 8.98 Å². The summed E-state index contributed by atoms with van der Waals surface area (Å²) in [5.41, 5.74) is 5.50. The fourth-order valence-corrected chi connectivity index (χ4v) is 4.42. The van der Waals surface area contributed by atoms with E-state index in [0.29, 0.717) is 18.8 Å². The van der Waals surface area contributed by atoms with E-state index in [1.807, 2.05) is 109 Å². The topological polar surface area (TPSA) is 69.6 Å². The molecule has 0 fully saturated rings. The Balaban J connectivity index is 1.40. The van der Waals surface area contributed by atoms with Crippen LogP contribution in [-0.4, -0.2) is 24.7 Å². The normalized spacial score (nSPS) is 11.5. The lowest BCUT2D eigenvalue weighted by atomic mass is 10.0. The first-order valence-corrected chi connectivity index (χ1v) is 12.5. The van der Waals surface area contributed by atoms with Crippen LogP contribution < -0.4 is 0 Å². The Kier molecular flexibility index (Phi) is 6.68. The summed E-state index contributed by atoms with van der Waals surface area (Å²) in [4.78, 5) is 9.67. The van der Waals surface area contributed by atoms with Crippen molar-refractivity contribution in [3.8, 4) is 33.9 Å². The van der Waals surface area contributed by atoms with Gasteiger partial charge in [0.25, 0.3) is 0 Å². The summed E-state index contributed by atoms with van der Waals surface area (Å²) in [6.45, 7) is 0.696. The Hall–Kier alpha value is -5.10. The standard InChI is InChI=1S/C32H25N5O/c1-4-11-24(12-5-1)29-30(25-13-6-2-7-14-25)35-36-31(34-29)27(23-28-17-10-22-38-28)18-20-37-21-19-33-32(37)26-15-8-3-9-16-26/h1-17,19,21-23H,18,20H2/b27-23+. The van der Waals surface area contributed by atoms with Crippen molar-refractivity contribution < 1.29 is 4.42 Å². The third-order valence-electron chi connectivity index (χ3n) is 6.30. The monoisotopic (exact) mass is 495 g/mol. The molecule has 0 radical (unpaired) electrons. The van der Waals surface area contributed by atoms with E-state index in [4.69, 9.17) is 9.40 Å². The average molecular weight is 496 g/mol. The molecule has 184 valence electrons. The van der Waals surface area contributed by atoms with E-state index in [-0.39, 0.29) is 0 Å². The molecule has 0 saturated carbocycles. The molecule has 0 saturated heterocycles. The third kappa shape index (κ3) is 5.06. The highest BCUT2D eigenvalue weighted by Gasteiger charge is 2.17. The molecule has 0 aliphatic heterocycles. The first-order chi connectivity index (χ1) is 18.8. The van der Waals surface area contributed by atoms with E-state index >= 15 is 0 Å². The lowest BCUT2D eigenvalue weighted by Crippen LogP contribution is -2.06. The first-order valence-electron chi connectivity index (χ1n) is 12.5. The number of rotatable bonds is 8. The second kappa shape index (κ2) is 10.9. The maximum absolute atomic E-state index is 5.65. The van der Waals surface area contributed by atoms with E-state index in [1.54, 1.807) is 6.26 Å². The fourth-order valence-electron chi connectivity index (χ4n) is 4.42. The zero-order chi connectivity index (χ0) is 25.6. The molecule has 3 aromatic carbocycles. The van der Waals surface area contributed by atoms with E-state index in [0.717, 1.165) is 45.2 Å². The summed E-state index contributed by atoms with van der Waals surface area (Å²) >= 11 is 0. The van der Waals surface area contributed by atoms with Crippen molar-refractivity contribution in [3.05, 3.63) is 133 Å². The highest BCUT2D eigenvalue weighted by atomic mass is 16.3. The van der Waals surface area contributed by atoms with Gasteiger partial charge in [0.05, 0.1) is 6.26 Å². The van der Waals surface area contributed by atoms with E-state index < -0.39 is 0 Å².